The van der Waals surface area contributed by atoms with E-state index < -0.39 is 24.0 Å². The number of hydrogen-bond acceptors (Lipinski definition) is 5. The van der Waals surface area contributed by atoms with E-state index in [-0.39, 0.29) is 5.91 Å². The molecule has 106 valence electrons. The van der Waals surface area contributed by atoms with Crippen LogP contribution < -0.4 is 5.32 Å². The van der Waals surface area contributed by atoms with Gasteiger partial charge in [-0.3, -0.25) is 4.79 Å². The summed E-state index contributed by atoms with van der Waals surface area (Å²) in [5, 5.41) is 2.73. The summed E-state index contributed by atoms with van der Waals surface area (Å²) in [5.41, 5.74) is 0.785. The van der Waals surface area contributed by atoms with Crippen molar-refractivity contribution in [1.29, 1.82) is 0 Å². The Bertz CT molecular complexity index is 532. The molecule has 2 aliphatic rings. The van der Waals surface area contributed by atoms with Gasteiger partial charge in [0.05, 0.1) is 7.11 Å². The molecule has 2 heterocycles. The van der Waals surface area contributed by atoms with Crippen LogP contribution >= 0.6 is 0 Å². The Morgan fingerprint density at radius 3 is 2.80 bits per heavy atom. The van der Waals surface area contributed by atoms with Crippen molar-refractivity contribution in [1.82, 2.24) is 5.32 Å². The van der Waals surface area contributed by atoms with Crippen molar-refractivity contribution in [2.24, 2.45) is 0 Å². The van der Waals surface area contributed by atoms with Crippen molar-refractivity contribution in [3.05, 3.63) is 35.9 Å². The maximum Gasteiger partial charge on any atom is 0.338 e. The van der Waals surface area contributed by atoms with E-state index in [1.807, 2.05) is 30.3 Å². The Balaban J connectivity index is 2.00. The number of methoxy groups -OCH3 is 1. The smallest absolute Gasteiger partial charge is 0.338 e. The topological polar surface area (TPSA) is 73.9 Å². The van der Waals surface area contributed by atoms with Gasteiger partial charge < -0.3 is 19.5 Å². The first-order chi connectivity index (χ1) is 9.66. The molecule has 3 atom stereocenters. The molecule has 6 heteroatoms. The van der Waals surface area contributed by atoms with Gasteiger partial charge >= 0.3 is 5.97 Å². The molecule has 2 aliphatic heterocycles. The highest BCUT2D eigenvalue weighted by molar-refractivity contribution is 5.89. The SMILES string of the molecule is COC(=O)[C@@H]1O[C@@]2(c3ccccc3)CCNC(=O)[C@@H]1O2. The van der Waals surface area contributed by atoms with E-state index in [0.717, 1.165) is 5.56 Å². The average Bonchev–Trinajstić information content (AvgIpc) is 2.79. The highest BCUT2D eigenvalue weighted by Crippen LogP contribution is 2.41. The van der Waals surface area contributed by atoms with Gasteiger partial charge in [-0.15, -0.1) is 0 Å². The van der Waals surface area contributed by atoms with Crippen LogP contribution in [0, 0.1) is 0 Å². The summed E-state index contributed by atoms with van der Waals surface area (Å²) in [6.45, 7) is 0.429. The number of carbonyl (C=O) groups excluding carboxylic acids is 2. The second-order valence-corrected chi connectivity index (χ2v) is 4.76. The van der Waals surface area contributed by atoms with Gasteiger partial charge in [0.15, 0.2) is 18.0 Å². The molecule has 0 spiro atoms. The van der Waals surface area contributed by atoms with Crippen LogP contribution in [0.4, 0.5) is 0 Å². The predicted octanol–water partition coefficient (Wildman–Crippen LogP) is 0.316. The summed E-state index contributed by atoms with van der Waals surface area (Å²) >= 11 is 0. The molecule has 0 aromatic heterocycles. The number of rotatable bonds is 2. The lowest BCUT2D eigenvalue weighted by Gasteiger charge is -2.27. The summed E-state index contributed by atoms with van der Waals surface area (Å²) < 4.78 is 16.3. The Morgan fingerprint density at radius 1 is 1.35 bits per heavy atom. The molecule has 20 heavy (non-hydrogen) atoms. The summed E-state index contributed by atoms with van der Waals surface area (Å²) in [6.07, 6.45) is -1.59. The molecule has 2 fully saturated rings. The molecule has 2 bridgehead atoms. The second kappa shape index (κ2) is 4.88. The van der Waals surface area contributed by atoms with E-state index in [1.165, 1.54) is 7.11 Å². The highest BCUT2D eigenvalue weighted by Gasteiger charge is 2.56. The van der Waals surface area contributed by atoms with E-state index >= 15 is 0 Å². The third kappa shape index (κ3) is 1.97. The first-order valence-electron chi connectivity index (χ1n) is 6.43. The molecule has 0 radical (unpaired) electrons. The number of carbonyl (C=O) groups is 2. The first kappa shape index (κ1) is 13.1. The van der Waals surface area contributed by atoms with Crippen LogP contribution in [0.2, 0.25) is 0 Å². The molecular formula is C14H15NO5. The Hall–Kier alpha value is -1.92. The molecule has 1 N–H and O–H groups in total. The van der Waals surface area contributed by atoms with E-state index in [4.69, 9.17) is 9.47 Å². The van der Waals surface area contributed by atoms with Gasteiger partial charge in [0.2, 0.25) is 0 Å². The van der Waals surface area contributed by atoms with Crippen LogP contribution in [0.1, 0.15) is 12.0 Å². The summed E-state index contributed by atoms with van der Waals surface area (Å²) in [5.74, 6) is -2.04. The monoisotopic (exact) mass is 277 g/mol. The Kier molecular flexibility index (Phi) is 3.19. The van der Waals surface area contributed by atoms with Gasteiger partial charge in [0.1, 0.15) is 0 Å². The van der Waals surface area contributed by atoms with Crippen molar-refractivity contribution in [3.63, 3.8) is 0 Å². The summed E-state index contributed by atoms with van der Waals surface area (Å²) in [4.78, 5) is 23.7. The van der Waals surface area contributed by atoms with Crippen LogP contribution in [-0.4, -0.2) is 37.7 Å². The number of benzene rings is 1. The number of nitrogens with one attached hydrogen (secondary N) is 1. The molecule has 0 unspecified atom stereocenters. The lowest BCUT2D eigenvalue weighted by molar-refractivity contribution is -0.192. The van der Waals surface area contributed by atoms with Gasteiger partial charge in [-0.1, -0.05) is 30.3 Å². The van der Waals surface area contributed by atoms with Gasteiger partial charge in [-0.2, -0.15) is 0 Å². The van der Waals surface area contributed by atoms with Crippen LogP contribution in [-0.2, 0) is 29.6 Å². The maximum atomic E-state index is 12.0. The normalized spacial score (nSPS) is 32.4. The quantitative estimate of drug-likeness (QED) is 0.788. The fourth-order valence-corrected chi connectivity index (χ4v) is 2.58. The number of hydrogen-bond donors (Lipinski definition) is 1. The molecule has 2 saturated heterocycles. The van der Waals surface area contributed by atoms with Crippen molar-refractivity contribution in [2.75, 3.05) is 13.7 Å². The van der Waals surface area contributed by atoms with Crippen LogP contribution in [0.15, 0.2) is 30.3 Å². The van der Waals surface area contributed by atoms with Gasteiger partial charge in [-0.25, -0.2) is 4.79 Å². The molecular weight excluding hydrogens is 262 g/mol. The molecule has 3 rings (SSSR count). The number of fused-ring (bicyclic) bond motifs is 2. The third-order valence-corrected chi connectivity index (χ3v) is 3.57. The average molecular weight is 277 g/mol. The lowest BCUT2D eigenvalue weighted by atomic mass is 10.0. The number of esters is 1. The lowest BCUT2D eigenvalue weighted by Crippen LogP contribution is -2.45. The standard InChI is InChI=1S/C14H15NO5/c1-18-13(17)11-10-12(16)15-8-7-14(19-10,20-11)9-5-3-2-4-6-9/h2-6,10-11H,7-8H2,1H3,(H,15,16)/t10-,11-,14-/m1/s1. The van der Waals surface area contributed by atoms with E-state index in [2.05, 4.69) is 10.1 Å². The zero-order chi connectivity index (χ0) is 14.2. The van der Waals surface area contributed by atoms with E-state index in [9.17, 15) is 9.59 Å². The van der Waals surface area contributed by atoms with Crippen molar-refractivity contribution < 1.29 is 23.8 Å². The fraction of sp³-hybridized carbons (Fsp3) is 0.429. The third-order valence-electron chi connectivity index (χ3n) is 3.57. The van der Waals surface area contributed by atoms with Crippen molar-refractivity contribution >= 4 is 11.9 Å². The fourth-order valence-electron chi connectivity index (χ4n) is 2.58. The van der Waals surface area contributed by atoms with Gasteiger partial charge in [0, 0.05) is 18.5 Å². The summed E-state index contributed by atoms with van der Waals surface area (Å²) in [6, 6.07) is 9.30. The number of ether oxygens (including phenoxy) is 3. The zero-order valence-corrected chi connectivity index (χ0v) is 11.0. The van der Waals surface area contributed by atoms with Gasteiger partial charge in [-0.05, 0) is 0 Å². The van der Waals surface area contributed by atoms with Gasteiger partial charge in [0.25, 0.3) is 5.91 Å². The van der Waals surface area contributed by atoms with Crippen molar-refractivity contribution in [2.45, 2.75) is 24.4 Å². The molecule has 1 aromatic rings. The zero-order valence-electron chi connectivity index (χ0n) is 11.0. The molecule has 0 aliphatic carbocycles. The second-order valence-electron chi connectivity index (χ2n) is 4.76. The minimum absolute atomic E-state index is 0.351. The molecule has 6 nitrogen and oxygen atoms in total. The largest absolute Gasteiger partial charge is 0.467 e. The molecule has 0 saturated carbocycles. The predicted molar refractivity (Wildman–Crippen MR) is 67.5 cm³/mol. The highest BCUT2D eigenvalue weighted by atomic mass is 16.8. The van der Waals surface area contributed by atoms with Crippen LogP contribution in [0.5, 0.6) is 0 Å². The number of amides is 1. The first-order valence-corrected chi connectivity index (χ1v) is 6.43. The maximum absolute atomic E-state index is 12.0. The minimum Gasteiger partial charge on any atom is -0.467 e. The van der Waals surface area contributed by atoms with E-state index in [1.54, 1.807) is 0 Å². The molecule has 1 aromatic carbocycles. The van der Waals surface area contributed by atoms with Crippen LogP contribution in [0.25, 0.3) is 0 Å². The van der Waals surface area contributed by atoms with Crippen LogP contribution in [0.3, 0.4) is 0 Å². The Morgan fingerprint density at radius 2 is 2.10 bits per heavy atom. The van der Waals surface area contributed by atoms with E-state index in [0.29, 0.717) is 13.0 Å². The Labute approximate surface area is 116 Å². The summed E-state index contributed by atoms with van der Waals surface area (Å²) in [7, 11) is 1.26. The molecule has 1 amide bonds. The van der Waals surface area contributed by atoms with Crippen molar-refractivity contribution in [3.8, 4) is 0 Å². The minimum atomic E-state index is -1.08.